The average Bonchev–Trinajstić information content (AvgIpc) is 2.93. The number of aromatic nitrogens is 2. The second-order valence-electron chi connectivity index (χ2n) is 4.79. The highest BCUT2D eigenvalue weighted by molar-refractivity contribution is 5.66. The molecule has 20 heavy (non-hydrogen) atoms. The lowest BCUT2D eigenvalue weighted by molar-refractivity contribution is -0.137. The second kappa shape index (κ2) is 6.40. The maximum Gasteiger partial charge on any atom is 0.303 e. The first-order valence-electron chi connectivity index (χ1n) is 6.56. The van der Waals surface area contributed by atoms with Gasteiger partial charge < -0.3 is 19.5 Å². The zero-order chi connectivity index (χ0) is 14.5. The van der Waals surface area contributed by atoms with E-state index in [2.05, 4.69) is 9.97 Å². The summed E-state index contributed by atoms with van der Waals surface area (Å²) in [5, 5.41) is 8.72. The van der Waals surface area contributed by atoms with Gasteiger partial charge in [0.05, 0.1) is 20.3 Å². The summed E-state index contributed by atoms with van der Waals surface area (Å²) < 4.78 is 10.3. The molecular formula is C13H19N3O4. The number of nitrogens with zero attached hydrogens (tertiary/aromatic N) is 3. The van der Waals surface area contributed by atoms with Crippen LogP contribution in [0.15, 0.2) is 6.07 Å². The van der Waals surface area contributed by atoms with Crippen molar-refractivity contribution in [1.82, 2.24) is 9.97 Å². The molecule has 0 amide bonds. The minimum Gasteiger partial charge on any atom is -0.481 e. The molecule has 0 aliphatic carbocycles. The Morgan fingerprint density at radius 1 is 1.40 bits per heavy atom. The Balaban J connectivity index is 2.03. The highest BCUT2D eigenvalue weighted by Gasteiger charge is 2.25. The summed E-state index contributed by atoms with van der Waals surface area (Å²) in [5.74, 6) is 1.11. The Labute approximate surface area is 117 Å². The van der Waals surface area contributed by atoms with Crippen molar-refractivity contribution >= 4 is 11.9 Å². The maximum absolute atomic E-state index is 10.6. The molecule has 1 N–H and O–H groups in total. The first-order chi connectivity index (χ1) is 9.62. The molecule has 7 nitrogen and oxygen atoms in total. The normalized spacial score (nSPS) is 18.1. The van der Waals surface area contributed by atoms with Crippen LogP contribution in [0.2, 0.25) is 0 Å². The van der Waals surface area contributed by atoms with Crippen LogP contribution < -0.4 is 14.4 Å². The predicted molar refractivity (Wildman–Crippen MR) is 72.3 cm³/mol. The maximum atomic E-state index is 10.6. The van der Waals surface area contributed by atoms with Crippen molar-refractivity contribution in [1.29, 1.82) is 0 Å². The zero-order valence-electron chi connectivity index (χ0n) is 11.7. The number of aliphatic carboxylic acids is 1. The van der Waals surface area contributed by atoms with Crippen molar-refractivity contribution in [2.45, 2.75) is 19.3 Å². The van der Waals surface area contributed by atoms with Gasteiger partial charge >= 0.3 is 5.97 Å². The molecule has 1 unspecified atom stereocenters. The average molecular weight is 281 g/mol. The van der Waals surface area contributed by atoms with Crippen molar-refractivity contribution in [3.05, 3.63) is 6.07 Å². The Morgan fingerprint density at radius 2 is 2.05 bits per heavy atom. The number of anilines is 1. The number of carboxylic acids is 1. The van der Waals surface area contributed by atoms with Gasteiger partial charge in [0.15, 0.2) is 0 Å². The van der Waals surface area contributed by atoms with Gasteiger partial charge in [-0.25, -0.2) is 0 Å². The highest BCUT2D eigenvalue weighted by atomic mass is 16.5. The minimum atomic E-state index is -0.747. The van der Waals surface area contributed by atoms with E-state index in [0.717, 1.165) is 19.5 Å². The van der Waals surface area contributed by atoms with E-state index in [4.69, 9.17) is 14.6 Å². The summed E-state index contributed by atoms with van der Waals surface area (Å²) in [6.45, 7) is 1.59. The number of hydrogen-bond donors (Lipinski definition) is 1. The zero-order valence-corrected chi connectivity index (χ0v) is 11.7. The summed E-state index contributed by atoms with van der Waals surface area (Å²) in [7, 11) is 3.09. The molecule has 2 heterocycles. The predicted octanol–water partition coefficient (Wildman–Crippen LogP) is 1.18. The number of carbonyl (C=O) groups is 1. The highest BCUT2D eigenvalue weighted by Crippen LogP contribution is 2.27. The van der Waals surface area contributed by atoms with Crippen LogP contribution in [0.4, 0.5) is 5.95 Å². The molecule has 1 aliphatic rings. The van der Waals surface area contributed by atoms with Crippen molar-refractivity contribution < 1.29 is 19.4 Å². The van der Waals surface area contributed by atoms with Gasteiger partial charge in [-0.05, 0) is 18.8 Å². The van der Waals surface area contributed by atoms with E-state index >= 15 is 0 Å². The Bertz CT molecular complexity index is 458. The van der Waals surface area contributed by atoms with E-state index in [1.54, 1.807) is 20.3 Å². The molecule has 1 aromatic heterocycles. The fourth-order valence-electron chi connectivity index (χ4n) is 2.32. The quantitative estimate of drug-likeness (QED) is 0.838. The van der Waals surface area contributed by atoms with Crippen LogP contribution in [0.25, 0.3) is 0 Å². The molecule has 1 atom stereocenters. The van der Waals surface area contributed by atoms with Crippen LogP contribution in [0, 0.1) is 5.92 Å². The third kappa shape index (κ3) is 3.49. The van der Waals surface area contributed by atoms with Crippen LogP contribution in [0.3, 0.4) is 0 Å². The fourth-order valence-corrected chi connectivity index (χ4v) is 2.32. The van der Waals surface area contributed by atoms with Gasteiger partial charge in [0.1, 0.15) is 0 Å². The molecule has 1 aromatic rings. The topological polar surface area (TPSA) is 84.8 Å². The Morgan fingerprint density at radius 3 is 2.60 bits per heavy atom. The van der Waals surface area contributed by atoms with Crippen molar-refractivity contribution in [2.75, 3.05) is 32.2 Å². The Hall–Kier alpha value is -2.05. The van der Waals surface area contributed by atoms with Crippen molar-refractivity contribution in [3.8, 4) is 11.8 Å². The molecule has 0 spiro atoms. The van der Waals surface area contributed by atoms with E-state index in [0.29, 0.717) is 30.0 Å². The fraction of sp³-hybridized carbons (Fsp3) is 0.615. The van der Waals surface area contributed by atoms with E-state index in [1.807, 2.05) is 4.90 Å². The van der Waals surface area contributed by atoms with Gasteiger partial charge in [0, 0.05) is 19.5 Å². The largest absolute Gasteiger partial charge is 0.481 e. The molecule has 1 saturated heterocycles. The molecule has 110 valence electrons. The molecule has 0 aromatic carbocycles. The van der Waals surface area contributed by atoms with Gasteiger partial charge in [-0.15, -0.1) is 0 Å². The lowest BCUT2D eigenvalue weighted by Crippen LogP contribution is -2.22. The lowest BCUT2D eigenvalue weighted by atomic mass is 10.0. The molecule has 1 fully saturated rings. The smallest absolute Gasteiger partial charge is 0.303 e. The van der Waals surface area contributed by atoms with Gasteiger partial charge in [-0.1, -0.05) is 0 Å². The third-order valence-electron chi connectivity index (χ3n) is 3.42. The molecular weight excluding hydrogens is 262 g/mol. The van der Waals surface area contributed by atoms with E-state index in [1.165, 1.54) is 0 Å². The van der Waals surface area contributed by atoms with Gasteiger partial charge in [-0.2, -0.15) is 9.97 Å². The molecule has 0 bridgehead atoms. The van der Waals surface area contributed by atoms with Crippen molar-refractivity contribution in [2.24, 2.45) is 5.92 Å². The molecule has 0 radical (unpaired) electrons. The van der Waals surface area contributed by atoms with E-state index in [-0.39, 0.29) is 6.42 Å². The number of methoxy groups -OCH3 is 2. The lowest BCUT2D eigenvalue weighted by Gasteiger charge is -2.17. The molecule has 7 heteroatoms. The van der Waals surface area contributed by atoms with Crippen LogP contribution in [0.1, 0.15) is 19.3 Å². The summed E-state index contributed by atoms with van der Waals surface area (Å²) >= 11 is 0. The van der Waals surface area contributed by atoms with E-state index < -0.39 is 5.97 Å². The van der Waals surface area contributed by atoms with Gasteiger partial charge in [0.25, 0.3) is 0 Å². The summed E-state index contributed by atoms with van der Waals surface area (Å²) in [6.07, 6.45) is 1.85. The molecule has 1 aliphatic heterocycles. The number of hydrogen-bond acceptors (Lipinski definition) is 6. The Kier molecular flexibility index (Phi) is 4.60. The number of ether oxygens (including phenoxy) is 2. The second-order valence-corrected chi connectivity index (χ2v) is 4.79. The summed E-state index contributed by atoms with van der Waals surface area (Å²) in [5.41, 5.74) is 0. The summed E-state index contributed by atoms with van der Waals surface area (Å²) in [6, 6.07) is 1.63. The van der Waals surface area contributed by atoms with Crippen LogP contribution in [-0.4, -0.2) is 48.4 Å². The van der Waals surface area contributed by atoms with Crippen LogP contribution >= 0.6 is 0 Å². The third-order valence-corrected chi connectivity index (χ3v) is 3.42. The first-order valence-corrected chi connectivity index (χ1v) is 6.56. The number of rotatable bonds is 6. The molecule has 0 saturated carbocycles. The minimum absolute atomic E-state index is 0.209. The van der Waals surface area contributed by atoms with Crippen LogP contribution in [-0.2, 0) is 4.79 Å². The van der Waals surface area contributed by atoms with Crippen molar-refractivity contribution in [3.63, 3.8) is 0 Å². The monoisotopic (exact) mass is 281 g/mol. The van der Waals surface area contributed by atoms with Crippen LogP contribution in [0.5, 0.6) is 11.8 Å². The van der Waals surface area contributed by atoms with Gasteiger partial charge in [-0.3, -0.25) is 4.79 Å². The summed E-state index contributed by atoms with van der Waals surface area (Å²) in [4.78, 5) is 21.3. The SMILES string of the molecule is COc1cc(OC)nc(N2CCC(CCC(=O)O)C2)n1. The number of carboxylic acid groups (broad SMARTS) is 1. The standard InChI is InChI=1S/C13H19N3O4/c1-19-10-7-11(20-2)15-13(14-10)16-6-5-9(8-16)3-4-12(17)18/h7,9H,3-6,8H2,1-2H3,(H,17,18). The van der Waals surface area contributed by atoms with Gasteiger partial charge in [0.2, 0.25) is 17.7 Å². The first kappa shape index (κ1) is 14.4. The molecule has 2 rings (SSSR count). The van der Waals surface area contributed by atoms with E-state index in [9.17, 15) is 4.79 Å².